The molecular formula is C25H19NO4. The highest BCUT2D eigenvalue weighted by atomic mass is 16.6. The molecular weight excluding hydrogens is 378 g/mol. The van der Waals surface area contributed by atoms with Crippen LogP contribution in [-0.4, -0.2) is 24.3 Å². The summed E-state index contributed by atoms with van der Waals surface area (Å²) < 4.78 is 10.9. The average Bonchev–Trinajstić information content (AvgIpc) is 3.14. The lowest BCUT2D eigenvalue weighted by molar-refractivity contribution is -0.129. The smallest absolute Gasteiger partial charge is 0.363 e. The minimum absolute atomic E-state index is 0.0408. The van der Waals surface area contributed by atoms with E-state index in [0.29, 0.717) is 17.2 Å². The third-order valence-electron chi connectivity index (χ3n) is 4.65. The van der Waals surface area contributed by atoms with Crippen molar-refractivity contribution in [3.8, 4) is 5.75 Å². The van der Waals surface area contributed by atoms with Crippen LogP contribution < -0.4 is 4.74 Å². The molecule has 1 heterocycles. The van der Waals surface area contributed by atoms with Gasteiger partial charge in [0.15, 0.2) is 18.1 Å². The second-order valence-electron chi connectivity index (χ2n) is 6.80. The molecule has 0 radical (unpaired) electrons. The Kier molecular flexibility index (Phi) is 5.52. The number of rotatable bonds is 6. The van der Waals surface area contributed by atoms with Crippen molar-refractivity contribution in [1.82, 2.24) is 0 Å². The molecule has 0 unspecified atom stereocenters. The number of carbonyl (C=O) groups excluding carboxylic acids is 2. The molecule has 5 nitrogen and oxygen atoms in total. The molecule has 1 aliphatic rings. The zero-order valence-corrected chi connectivity index (χ0v) is 16.4. The van der Waals surface area contributed by atoms with Gasteiger partial charge >= 0.3 is 5.97 Å². The number of nitrogens with zero attached hydrogens (tertiary/aromatic N) is 1. The van der Waals surface area contributed by atoms with E-state index in [4.69, 9.17) is 9.47 Å². The van der Waals surface area contributed by atoms with Crippen LogP contribution in [0.5, 0.6) is 5.75 Å². The predicted molar refractivity (Wildman–Crippen MR) is 114 cm³/mol. The van der Waals surface area contributed by atoms with Gasteiger partial charge in [-0.3, -0.25) is 4.79 Å². The summed E-state index contributed by atoms with van der Waals surface area (Å²) in [5.41, 5.74) is 3.40. The van der Waals surface area contributed by atoms with Crippen LogP contribution >= 0.6 is 0 Å². The molecule has 5 heteroatoms. The lowest BCUT2D eigenvalue weighted by Gasteiger charge is -2.06. The standard InChI is InChI=1S/C25H19NO4/c1-17-7-5-6-10-21(17)24-26-22(25(28)30-24)15-18-11-13-20(14-12-18)29-16-23(27)19-8-3-2-4-9-19/h2-15H,16H2,1H3/b22-15-. The summed E-state index contributed by atoms with van der Waals surface area (Å²) in [7, 11) is 0. The molecule has 3 aromatic rings. The summed E-state index contributed by atoms with van der Waals surface area (Å²) in [5, 5.41) is 0. The van der Waals surface area contributed by atoms with Gasteiger partial charge in [-0.1, -0.05) is 60.7 Å². The second-order valence-corrected chi connectivity index (χ2v) is 6.80. The monoisotopic (exact) mass is 397 g/mol. The number of esters is 1. The molecule has 0 saturated heterocycles. The normalized spacial score (nSPS) is 14.4. The molecule has 0 N–H and O–H groups in total. The first-order chi connectivity index (χ1) is 14.6. The van der Waals surface area contributed by atoms with E-state index in [0.717, 1.165) is 16.7 Å². The average molecular weight is 397 g/mol. The van der Waals surface area contributed by atoms with Crippen molar-refractivity contribution < 1.29 is 19.1 Å². The summed E-state index contributed by atoms with van der Waals surface area (Å²) >= 11 is 0. The molecule has 0 aliphatic carbocycles. The number of carbonyl (C=O) groups is 2. The Balaban J connectivity index is 1.44. The van der Waals surface area contributed by atoms with Crippen LogP contribution in [0, 0.1) is 6.92 Å². The van der Waals surface area contributed by atoms with Crippen LogP contribution in [0.1, 0.15) is 27.0 Å². The first-order valence-corrected chi connectivity index (χ1v) is 9.50. The van der Waals surface area contributed by atoms with Crippen molar-refractivity contribution in [2.45, 2.75) is 6.92 Å². The summed E-state index contributed by atoms with van der Waals surface area (Å²) in [6.45, 7) is 1.90. The fourth-order valence-electron chi connectivity index (χ4n) is 3.01. The van der Waals surface area contributed by atoms with Gasteiger partial charge < -0.3 is 9.47 Å². The van der Waals surface area contributed by atoms with Crippen molar-refractivity contribution in [2.24, 2.45) is 4.99 Å². The topological polar surface area (TPSA) is 65.0 Å². The first-order valence-electron chi connectivity index (χ1n) is 9.50. The van der Waals surface area contributed by atoms with E-state index >= 15 is 0 Å². The highest BCUT2D eigenvalue weighted by Crippen LogP contribution is 2.22. The maximum absolute atomic E-state index is 12.2. The molecule has 1 aliphatic heterocycles. The molecule has 148 valence electrons. The van der Waals surface area contributed by atoms with Crippen LogP contribution in [0.4, 0.5) is 0 Å². The molecule has 0 amide bonds. The van der Waals surface area contributed by atoms with Gasteiger partial charge in [-0.25, -0.2) is 9.79 Å². The molecule has 30 heavy (non-hydrogen) atoms. The van der Waals surface area contributed by atoms with Crippen molar-refractivity contribution in [2.75, 3.05) is 6.61 Å². The first kappa shape index (κ1) is 19.3. The van der Waals surface area contributed by atoms with Gasteiger partial charge in [0.2, 0.25) is 5.90 Å². The van der Waals surface area contributed by atoms with E-state index in [9.17, 15) is 9.59 Å². The number of ketones is 1. The van der Waals surface area contributed by atoms with E-state index in [1.165, 1.54) is 0 Å². The Morgan fingerprint density at radius 2 is 1.67 bits per heavy atom. The Morgan fingerprint density at radius 3 is 2.40 bits per heavy atom. The zero-order chi connectivity index (χ0) is 20.9. The van der Waals surface area contributed by atoms with E-state index in [1.54, 1.807) is 42.5 Å². The van der Waals surface area contributed by atoms with Crippen molar-refractivity contribution >= 4 is 23.7 Å². The number of Topliss-reactive ketones (excluding diaryl/α,β-unsaturated/α-hetero) is 1. The van der Waals surface area contributed by atoms with Gasteiger partial charge in [0.1, 0.15) is 5.75 Å². The number of ether oxygens (including phenoxy) is 2. The largest absolute Gasteiger partial charge is 0.485 e. The van der Waals surface area contributed by atoms with Gasteiger partial charge in [0.25, 0.3) is 0 Å². The van der Waals surface area contributed by atoms with E-state index < -0.39 is 5.97 Å². The van der Waals surface area contributed by atoms with E-state index in [2.05, 4.69) is 4.99 Å². The molecule has 4 rings (SSSR count). The van der Waals surface area contributed by atoms with Crippen LogP contribution in [0.15, 0.2) is 89.6 Å². The molecule has 0 spiro atoms. The summed E-state index contributed by atoms with van der Waals surface area (Å²) in [5.74, 6) is 0.305. The molecule has 3 aromatic carbocycles. The number of hydrogen-bond donors (Lipinski definition) is 0. The number of aryl methyl sites for hydroxylation is 1. The summed E-state index contributed by atoms with van der Waals surface area (Å²) in [6, 6.07) is 23.7. The molecule has 0 aromatic heterocycles. The lowest BCUT2D eigenvalue weighted by Crippen LogP contribution is -2.11. The number of benzene rings is 3. The molecule has 0 bridgehead atoms. The molecule has 0 fully saturated rings. The fourth-order valence-corrected chi connectivity index (χ4v) is 3.01. The maximum Gasteiger partial charge on any atom is 0.363 e. The van der Waals surface area contributed by atoms with Crippen LogP contribution in [-0.2, 0) is 9.53 Å². The van der Waals surface area contributed by atoms with E-state index in [1.807, 2.05) is 49.4 Å². The van der Waals surface area contributed by atoms with Crippen molar-refractivity contribution in [1.29, 1.82) is 0 Å². The molecule has 0 saturated carbocycles. The Morgan fingerprint density at radius 1 is 0.967 bits per heavy atom. The maximum atomic E-state index is 12.2. The van der Waals surface area contributed by atoms with Gasteiger partial charge in [-0.15, -0.1) is 0 Å². The van der Waals surface area contributed by atoms with E-state index in [-0.39, 0.29) is 18.1 Å². The van der Waals surface area contributed by atoms with Crippen LogP contribution in [0.2, 0.25) is 0 Å². The Labute approximate surface area is 174 Å². The predicted octanol–water partition coefficient (Wildman–Crippen LogP) is 4.60. The van der Waals surface area contributed by atoms with Crippen molar-refractivity contribution in [3.63, 3.8) is 0 Å². The van der Waals surface area contributed by atoms with Gasteiger partial charge in [-0.05, 0) is 42.3 Å². The highest BCUT2D eigenvalue weighted by Gasteiger charge is 2.24. The highest BCUT2D eigenvalue weighted by molar-refractivity contribution is 6.13. The minimum atomic E-state index is -0.484. The fraction of sp³-hybridized carbons (Fsp3) is 0.0800. The number of cyclic esters (lactones) is 1. The summed E-state index contributed by atoms with van der Waals surface area (Å²) in [4.78, 5) is 28.6. The lowest BCUT2D eigenvalue weighted by atomic mass is 10.1. The van der Waals surface area contributed by atoms with Gasteiger partial charge in [0.05, 0.1) is 0 Å². The van der Waals surface area contributed by atoms with Crippen LogP contribution in [0.25, 0.3) is 6.08 Å². The van der Waals surface area contributed by atoms with Crippen molar-refractivity contribution in [3.05, 3.63) is 107 Å². The van der Waals surface area contributed by atoms with Gasteiger partial charge in [-0.2, -0.15) is 0 Å². The van der Waals surface area contributed by atoms with Gasteiger partial charge in [0, 0.05) is 11.1 Å². The zero-order valence-electron chi connectivity index (χ0n) is 16.4. The number of hydrogen-bond acceptors (Lipinski definition) is 5. The Hall–Kier alpha value is -3.99. The quantitative estimate of drug-likeness (QED) is 0.346. The molecule has 0 atom stereocenters. The summed E-state index contributed by atoms with van der Waals surface area (Å²) in [6.07, 6.45) is 1.66. The number of aliphatic imine (C=N–C) groups is 1. The SMILES string of the molecule is Cc1ccccc1C1=N/C(=C\c2ccc(OCC(=O)c3ccccc3)cc2)C(=O)O1. The third-order valence-corrected chi connectivity index (χ3v) is 4.65. The second kappa shape index (κ2) is 8.57. The van der Waals surface area contributed by atoms with Crippen LogP contribution in [0.3, 0.4) is 0 Å². The third kappa shape index (κ3) is 4.36. The Bertz CT molecular complexity index is 1150. The minimum Gasteiger partial charge on any atom is -0.485 e.